The quantitative estimate of drug-likeness (QED) is 0.772. The van der Waals surface area contributed by atoms with Crippen molar-refractivity contribution in [2.45, 2.75) is 0 Å². The number of carbonyl (C=O) groups is 1. The highest BCUT2D eigenvalue weighted by Gasteiger charge is 2.09. The molecule has 92 valence electrons. The van der Waals surface area contributed by atoms with Crippen LogP contribution in [0.15, 0.2) is 48.5 Å². The van der Waals surface area contributed by atoms with E-state index in [0.29, 0.717) is 11.1 Å². The molecular weight excluding hydrogens is 229 g/mol. The normalized spacial score (nSPS) is 10.2. The minimum absolute atomic E-state index is 0.0969. The molecule has 0 aromatic heterocycles. The second-order valence-electron chi connectivity index (χ2n) is 4.28. The minimum Gasteiger partial charge on any atom is -0.378 e. The van der Waals surface area contributed by atoms with Crippen molar-refractivity contribution in [3.05, 3.63) is 65.5 Å². The average molecular weight is 243 g/mol. The van der Waals surface area contributed by atoms with Crippen LogP contribution in [0.25, 0.3) is 0 Å². The molecule has 3 heteroatoms. The maximum Gasteiger partial charge on any atom is 0.193 e. The second kappa shape index (κ2) is 5.00. The summed E-state index contributed by atoms with van der Waals surface area (Å²) < 4.78 is 12.8. The SMILES string of the molecule is CN(C)c1ccc(C(=O)c2ccc(F)cc2)cc1. The van der Waals surface area contributed by atoms with Crippen molar-refractivity contribution in [3.63, 3.8) is 0 Å². The van der Waals surface area contributed by atoms with Crippen molar-refractivity contribution in [1.82, 2.24) is 0 Å². The van der Waals surface area contributed by atoms with E-state index >= 15 is 0 Å². The van der Waals surface area contributed by atoms with Crippen LogP contribution in [-0.4, -0.2) is 19.9 Å². The van der Waals surface area contributed by atoms with Gasteiger partial charge in [-0.15, -0.1) is 0 Å². The molecule has 0 atom stereocenters. The van der Waals surface area contributed by atoms with E-state index in [9.17, 15) is 9.18 Å². The van der Waals surface area contributed by atoms with Crippen LogP contribution in [0.3, 0.4) is 0 Å². The monoisotopic (exact) mass is 243 g/mol. The molecule has 0 saturated heterocycles. The third-order valence-corrected chi connectivity index (χ3v) is 2.75. The van der Waals surface area contributed by atoms with Crippen LogP contribution in [0, 0.1) is 5.82 Å². The van der Waals surface area contributed by atoms with Gasteiger partial charge in [0, 0.05) is 30.9 Å². The van der Waals surface area contributed by atoms with E-state index in [1.165, 1.54) is 24.3 Å². The van der Waals surface area contributed by atoms with Gasteiger partial charge in [-0.05, 0) is 48.5 Å². The fourth-order valence-corrected chi connectivity index (χ4v) is 1.68. The lowest BCUT2D eigenvalue weighted by atomic mass is 10.0. The molecular formula is C15H14FNO. The first-order valence-electron chi connectivity index (χ1n) is 5.65. The predicted molar refractivity (Wildman–Crippen MR) is 70.6 cm³/mol. The third-order valence-electron chi connectivity index (χ3n) is 2.75. The number of ketones is 1. The van der Waals surface area contributed by atoms with Crippen molar-refractivity contribution in [2.75, 3.05) is 19.0 Å². The van der Waals surface area contributed by atoms with Gasteiger partial charge >= 0.3 is 0 Å². The maximum atomic E-state index is 12.8. The fraction of sp³-hybridized carbons (Fsp3) is 0.133. The Balaban J connectivity index is 2.26. The molecule has 0 bridgehead atoms. The van der Waals surface area contributed by atoms with E-state index in [1.54, 1.807) is 12.1 Å². The number of halogens is 1. The Kier molecular flexibility index (Phi) is 3.42. The number of hydrogen-bond donors (Lipinski definition) is 0. The Bertz CT molecular complexity index is 544. The molecule has 0 aliphatic rings. The van der Waals surface area contributed by atoms with Crippen LogP contribution in [0.2, 0.25) is 0 Å². The minimum atomic E-state index is -0.338. The molecule has 0 saturated carbocycles. The van der Waals surface area contributed by atoms with Crippen LogP contribution in [-0.2, 0) is 0 Å². The van der Waals surface area contributed by atoms with E-state index in [4.69, 9.17) is 0 Å². The van der Waals surface area contributed by atoms with Crippen LogP contribution in [0.1, 0.15) is 15.9 Å². The Morgan fingerprint density at radius 2 is 1.33 bits per heavy atom. The van der Waals surface area contributed by atoms with Gasteiger partial charge in [-0.1, -0.05) is 0 Å². The first-order chi connectivity index (χ1) is 8.58. The standard InChI is InChI=1S/C15H14FNO/c1-17(2)14-9-5-12(6-10-14)15(18)11-3-7-13(16)8-4-11/h3-10H,1-2H3. The zero-order valence-corrected chi connectivity index (χ0v) is 10.4. The number of anilines is 1. The molecule has 0 heterocycles. The Hall–Kier alpha value is -2.16. The molecule has 0 unspecified atom stereocenters. The van der Waals surface area contributed by atoms with Crippen molar-refractivity contribution in [3.8, 4) is 0 Å². The number of benzene rings is 2. The van der Waals surface area contributed by atoms with Crippen LogP contribution >= 0.6 is 0 Å². The molecule has 0 aliphatic carbocycles. The summed E-state index contributed by atoms with van der Waals surface area (Å²) in [6, 6.07) is 12.9. The smallest absolute Gasteiger partial charge is 0.193 e. The van der Waals surface area contributed by atoms with Gasteiger partial charge in [0.2, 0.25) is 0 Å². The number of nitrogens with zero attached hydrogens (tertiary/aromatic N) is 1. The van der Waals surface area contributed by atoms with Crippen LogP contribution in [0.4, 0.5) is 10.1 Å². The second-order valence-corrected chi connectivity index (χ2v) is 4.28. The lowest BCUT2D eigenvalue weighted by Gasteiger charge is -2.12. The van der Waals surface area contributed by atoms with Gasteiger partial charge in [0.25, 0.3) is 0 Å². The fourth-order valence-electron chi connectivity index (χ4n) is 1.68. The molecule has 0 N–H and O–H groups in total. The highest BCUT2D eigenvalue weighted by molar-refractivity contribution is 6.09. The third kappa shape index (κ3) is 2.56. The van der Waals surface area contributed by atoms with Crippen LogP contribution < -0.4 is 4.90 Å². The van der Waals surface area contributed by atoms with Crippen molar-refractivity contribution < 1.29 is 9.18 Å². The maximum absolute atomic E-state index is 12.8. The number of hydrogen-bond acceptors (Lipinski definition) is 2. The summed E-state index contributed by atoms with van der Waals surface area (Å²) in [5.41, 5.74) is 2.13. The lowest BCUT2D eigenvalue weighted by molar-refractivity contribution is 0.103. The van der Waals surface area contributed by atoms with Crippen molar-refractivity contribution >= 4 is 11.5 Å². The Morgan fingerprint density at radius 1 is 0.889 bits per heavy atom. The molecule has 0 spiro atoms. The van der Waals surface area contributed by atoms with E-state index < -0.39 is 0 Å². The van der Waals surface area contributed by atoms with Gasteiger partial charge in [-0.2, -0.15) is 0 Å². The summed E-state index contributed by atoms with van der Waals surface area (Å²) in [7, 11) is 3.88. The molecule has 2 aromatic carbocycles. The predicted octanol–water partition coefficient (Wildman–Crippen LogP) is 3.12. The molecule has 2 aromatic rings. The Labute approximate surface area is 106 Å². The largest absolute Gasteiger partial charge is 0.378 e. The van der Waals surface area contributed by atoms with Gasteiger partial charge < -0.3 is 4.90 Å². The van der Waals surface area contributed by atoms with E-state index in [1.807, 2.05) is 31.1 Å². The molecule has 18 heavy (non-hydrogen) atoms. The summed E-state index contributed by atoms with van der Waals surface area (Å²) in [6.07, 6.45) is 0. The number of rotatable bonds is 3. The van der Waals surface area contributed by atoms with Crippen LogP contribution in [0.5, 0.6) is 0 Å². The molecule has 0 amide bonds. The van der Waals surface area contributed by atoms with Gasteiger partial charge in [-0.3, -0.25) is 4.79 Å². The van der Waals surface area contributed by atoms with E-state index in [0.717, 1.165) is 5.69 Å². The molecule has 0 aliphatic heterocycles. The summed E-state index contributed by atoms with van der Waals surface area (Å²) in [6.45, 7) is 0. The molecule has 2 nitrogen and oxygen atoms in total. The van der Waals surface area contributed by atoms with Gasteiger partial charge in [0.05, 0.1) is 0 Å². The van der Waals surface area contributed by atoms with E-state index in [2.05, 4.69) is 0 Å². The summed E-state index contributed by atoms with van der Waals surface area (Å²) in [4.78, 5) is 14.1. The zero-order chi connectivity index (χ0) is 13.1. The first kappa shape index (κ1) is 12.3. The average Bonchev–Trinajstić information content (AvgIpc) is 2.39. The lowest BCUT2D eigenvalue weighted by Crippen LogP contribution is -2.09. The first-order valence-corrected chi connectivity index (χ1v) is 5.65. The van der Waals surface area contributed by atoms with Crippen molar-refractivity contribution in [2.24, 2.45) is 0 Å². The highest BCUT2D eigenvalue weighted by atomic mass is 19.1. The Morgan fingerprint density at radius 3 is 1.78 bits per heavy atom. The summed E-state index contributed by atoms with van der Waals surface area (Å²) in [5.74, 6) is -0.435. The summed E-state index contributed by atoms with van der Waals surface area (Å²) >= 11 is 0. The van der Waals surface area contributed by atoms with Gasteiger partial charge in [-0.25, -0.2) is 4.39 Å². The van der Waals surface area contributed by atoms with Gasteiger partial charge in [0.15, 0.2) is 5.78 Å². The number of carbonyl (C=O) groups excluding carboxylic acids is 1. The highest BCUT2D eigenvalue weighted by Crippen LogP contribution is 2.15. The molecule has 0 fully saturated rings. The zero-order valence-electron chi connectivity index (χ0n) is 10.4. The summed E-state index contributed by atoms with van der Waals surface area (Å²) in [5, 5.41) is 0. The van der Waals surface area contributed by atoms with E-state index in [-0.39, 0.29) is 11.6 Å². The topological polar surface area (TPSA) is 20.3 Å². The molecule has 0 radical (unpaired) electrons. The molecule has 2 rings (SSSR count). The van der Waals surface area contributed by atoms with Crippen molar-refractivity contribution in [1.29, 1.82) is 0 Å². The van der Waals surface area contributed by atoms with Gasteiger partial charge in [0.1, 0.15) is 5.82 Å².